The average Bonchev–Trinajstić information content (AvgIpc) is 3.05. The van der Waals surface area contributed by atoms with E-state index in [4.69, 9.17) is 21.7 Å². The van der Waals surface area contributed by atoms with Gasteiger partial charge in [0, 0.05) is 36.6 Å². The average molecular weight is 304 g/mol. The predicted molar refractivity (Wildman–Crippen MR) is 83.6 cm³/mol. The molecule has 0 aliphatic carbocycles. The summed E-state index contributed by atoms with van der Waals surface area (Å²) in [7, 11) is 1.92. The lowest BCUT2D eigenvalue weighted by molar-refractivity contribution is 0.174. The Balaban J connectivity index is 1.58. The maximum absolute atomic E-state index is 5.33. The highest BCUT2D eigenvalue weighted by atomic mass is 32.1. The minimum atomic E-state index is 0.266. The van der Waals surface area contributed by atoms with Crippen molar-refractivity contribution < 1.29 is 9.47 Å². The van der Waals surface area contributed by atoms with E-state index < -0.39 is 0 Å². The molecule has 0 spiro atoms. The zero-order valence-electron chi connectivity index (χ0n) is 11.8. The van der Waals surface area contributed by atoms with Crippen LogP contribution in [0.3, 0.4) is 0 Å². The molecule has 3 rings (SSSR count). The zero-order chi connectivity index (χ0) is 14.8. The van der Waals surface area contributed by atoms with E-state index in [1.807, 2.05) is 43.0 Å². The summed E-state index contributed by atoms with van der Waals surface area (Å²) in [6, 6.07) is 5.63. The van der Waals surface area contributed by atoms with Gasteiger partial charge in [-0.1, -0.05) is 0 Å². The van der Waals surface area contributed by atoms with Crippen LogP contribution in [-0.4, -0.2) is 21.7 Å². The Labute approximate surface area is 128 Å². The number of benzene rings is 1. The third kappa shape index (κ3) is 2.92. The van der Waals surface area contributed by atoms with E-state index in [-0.39, 0.29) is 6.79 Å². The quantitative estimate of drug-likeness (QED) is 0.845. The number of hydrogen-bond donors (Lipinski definition) is 2. The molecule has 110 valence electrons. The maximum Gasteiger partial charge on any atom is 0.231 e. The standard InChI is InChI=1S/C14H16N4O2S/c1-9-10(7-16-18(9)2)6-15-14(21)17-11-3-4-12-13(5-11)20-8-19-12/h3-5,7H,6,8H2,1-2H3,(H2,15,17,21). The van der Waals surface area contributed by atoms with Crippen LogP contribution in [0.25, 0.3) is 0 Å². The van der Waals surface area contributed by atoms with Gasteiger partial charge < -0.3 is 20.1 Å². The van der Waals surface area contributed by atoms with Crippen molar-refractivity contribution in [2.24, 2.45) is 7.05 Å². The normalized spacial score (nSPS) is 12.3. The summed E-state index contributed by atoms with van der Waals surface area (Å²) in [5.41, 5.74) is 3.10. The molecule has 0 amide bonds. The fourth-order valence-electron chi connectivity index (χ4n) is 2.04. The molecule has 1 aliphatic heterocycles. The number of anilines is 1. The number of aromatic nitrogens is 2. The molecule has 0 saturated heterocycles. The molecule has 2 aromatic rings. The number of ether oxygens (including phenoxy) is 2. The van der Waals surface area contributed by atoms with Crippen molar-refractivity contribution in [3.8, 4) is 11.5 Å². The highest BCUT2D eigenvalue weighted by Crippen LogP contribution is 2.34. The van der Waals surface area contributed by atoms with Crippen LogP contribution in [0, 0.1) is 6.92 Å². The molecule has 2 heterocycles. The van der Waals surface area contributed by atoms with Gasteiger partial charge in [-0.05, 0) is 31.3 Å². The molecule has 7 heteroatoms. The van der Waals surface area contributed by atoms with Crippen molar-refractivity contribution >= 4 is 23.0 Å². The smallest absolute Gasteiger partial charge is 0.231 e. The molecule has 0 unspecified atom stereocenters. The number of nitrogens with zero attached hydrogens (tertiary/aromatic N) is 2. The van der Waals surface area contributed by atoms with Gasteiger partial charge >= 0.3 is 0 Å². The Hall–Kier alpha value is -2.28. The van der Waals surface area contributed by atoms with E-state index in [0.29, 0.717) is 11.7 Å². The largest absolute Gasteiger partial charge is 0.454 e. The van der Waals surface area contributed by atoms with Gasteiger partial charge in [0.1, 0.15) is 0 Å². The van der Waals surface area contributed by atoms with Crippen molar-refractivity contribution in [2.75, 3.05) is 12.1 Å². The summed E-state index contributed by atoms with van der Waals surface area (Å²) in [6.45, 7) is 2.93. The summed E-state index contributed by atoms with van der Waals surface area (Å²) in [5, 5.41) is 11.0. The molecular weight excluding hydrogens is 288 g/mol. The topological polar surface area (TPSA) is 60.3 Å². The summed E-state index contributed by atoms with van der Waals surface area (Å²) in [4.78, 5) is 0. The molecule has 0 fully saturated rings. The van der Waals surface area contributed by atoms with Gasteiger partial charge in [-0.25, -0.2) is 0 Å². The Kier molecular flexibility index (Phi) is 3.66. The predicted octanol–water partition coefficient (Wildman–Crippen LogP) is 1.94. The van der Waals surface area contributed by atoms with E-state index in [0.717, 1.165) is 28.4 Å². The fourth-order valence-corrected chi connectivity index (χ4v) is 2.23. The van der Waals surface area contributed by atoms with Crippen molar-refractivity contribution in [1.29, 1.82) is 0 Å². The summed E-state index contributed by atoms with van der Waals surface area (Å²) < 4.78 is 12.4. The highest BCUT2D eigenvalue weighted by molar-refractivity contribution is 7.80. The molecule has 21 heavy (non-hydrogen) atoms. The number of nitrogens with one attached hydrogen (secondary N) is 2. The molecule has 0 radical (unpaired) electrons. The number of fused-ring (bicyclic) bond motifs is 1. The molecule has 1 aromatic heterocycles. The second-order valence-corrected chi connectivity index (χ2v) is 5.16. The van der Waals surface area contributed by atoms with Crippen LogP contribution < -0.4 is 20.1 Å². The molecule has 2 N–H and O–H groups in total. The van der Waals surface area contributed by atoms with Gasteiger partial charge in [-0.3, -0.25) is 4.68 Å². The van der Waals surface area contributed by atoms with Crippen LogP contribution in [0.1, 0.15) is 11.3 Å². The molecule has 1 aliphatic rings. The lowest BCUT2D eigenvalue weighted by Gasteiger charge is -2.10. The molecule has 0 bridgehead atoms. The Morgan fingerprint density at radius 1 is 1.38 bits per heavy atom. The maximum atomic E-state index is 5.33. The summed E-state index contributed by atoms with van der Waals surface area (Å²) >= 11 is 5.29. The van der Waals surface area contributed by atoms with E-state index in [9.17, 15) is 0 Å². The van der Waals surface area contributed by atoms with Gasteiger partial charge in [-0.2, -0.15) is 5.10 Å². The van der Waals surface area contributed by atoms with Crippen LogP contribution in [0.4, 0.5) is 5.69 Å². The lowest BCUT2D eigenvalue weighted by atomic mass is 10.2. The van der Waals surface area contributed by atoms with Gasteiger partial charge in [-0.15, -0.1) is 0 Å². The first-order valence-electron chi connectivity index (χ1n) is 6.55. The van der Waals surface area contributed by atoms with Gasteiger partial charge in [0.25, 0.3) is 0 Å². The highest BCUT2D eigenvalue weighted by Gasteiger charge is 2.13. The first-order chi connectivity index (χ1) is 10.1. The van der Waals surface area contributed by atoms with E-state index >= 15 is 0 Å². The monoisotopic (exact) mass is 304 g/mol. The van der Waals surface area contributed by atoms with Crippen LogP contribution in [-0.2, 0) is 13.6 Å². The molecular formula is C14H16N4O2S. The van der Waals surface area contributed by atoms with E-state index in [2.05, 4.69) is 15.7 Å². The Morgan fingerprint density at radius 2 is 2.19 bits per heavy atom. The lowest BCUT2D eigenvalue weighted by Crippen LogP contribution is -2.28. The molecule has 6 nitrogen and oxygen atoms in total. The second kappa shape index (κ2) is 5.61. The number of thiocarbonyl (C=S) groups is 1. The Morgan fingerprint density at radius 3 is 2.95 bits per heavy atom. The van der Waals surface area contributed by atoms with E-state index in [1.165, 1.54) is 0 Å². The molecule has 1 aromatic carbocycles. The van der Waals surface area contributed by atoms with Crippen LogP contribution in [0.15, 0.2) is 24.4 Å². The van der Waals surface area contributed by atoms with Crippen molar-refractivity contribution in [1.82, 2.24) is 15.1 Å². The van der Waals surface area contributed by atoms with Crippen LogP contribution in [0.2, 0.25) is 0 Å². The first kappa shape index (κ1) is 13.7. The molecule has 0 atom stereocenters. The molecule has 0 saturated carbocycles. The van der Waals surface area contributed by atoms with Crippen LogP contribution in [0.5, 0.6) is 11.5 Å². The van der Waals surface area contributed by atoms with Gasteiger partial charge in [0.15, 0.2) is 16.6 Å². The van der Waals surface area contributed by atoms with Crippen molar-refractivity contribution in [3.63, 3.8) is 0 Å². The summed E-state index contributed by atoms with van der Waals surface area (Å²) in [5.74, 6) is 1.48. The SMILES string of the molecule is Cc1c(CNC(=S)Nc2ccc3c(c2)OCO3)cnn1C. The van der Waals surface area contributed by atoms with Crippen LogP contribution >= 0.6 is 12.2 Å². The van der Waals surface area contributed by atoms with Crippen molar-refractivity contribution in [2.45, 2.75) is 13.5 Å². The second-order valence-electron chi connectivity index (χ2n) is 4.75. The van der Waals surface area contributed by atoms with E-state index in [1.54, 1.807) is 0 Å². The third-order valence-corrected chi connectivity index (χ3v) is 3.65. The number of rotatable bonds is 3. The van der Waals surface area contributed by atoms with Gasteiger partial charge in [0.05, 0.1) is 6.20 Å². The third-order valence-electron chi connectivity index (χ3n) is 3.41. The van der Waals surface area contributed by atoms with Crippen molar-refractivity contribution in [3.05, 3.63) is 35.7 Å². The van der Waals surface area contributed by atoms with Gasteiger partial charge in [0.2, 0.25) is 6.79 Å². The minimum absolute atomic E-state index is 0.266. The summed E-state index contributed by atoms with van der Waals surface area (Å²) in [6.07, 6.45) is 1.84. The fraction of sp³-hybridized carbons (Fsp3) is 0.286. The zero-order valence-corrected chi connectivity index (χ0v) is 12.7. The minimum Gasteiger partial charge on any atom is -0.454 e. The Bertz CT molecular complexity index is 684. The number of hydrogen-bond acceptors (Lipinski definition) is 4. The number of aryl methyl sites for hydroxylation is 1. The first-order valence-corrected chi connectivity index (χ1v) is 6.96.